The molecule has 0 radical (unpaired) electrons. The van der Waals surface area contributed by atoms with Crippen LogP contribution in [0.4, 0.5) is 5.69 Å². The summed E-state index contributed by atoms with van der Waals surface area (Å²) >= 11 is 0. The van der Waals surface area contributed by atoms with Crippen molar-refractivity contribution in [2.24, 2.45) is 5.92 Å². The lowest BCUT2D eigenvalue weighted by Crippen LogP contribution is -2.26. The molecule has 132 valence electrons. The van der Waals surface area contributed by atoms with Gasteiger partial charge < -0.3 is 5.32 Å². The second-order valence-corrected chi connectivity index (χ2v) is 7.26. The Bertz CT molecular complexity index is 690. The molecule has 1 aliphatic heterocycles. The van der Waals surface area contributed by atoms with Crippen LogP contribution in [0.3, 0.4) is 0 Å². The van der Waals surface area contributed by atoms with Crippen molar-refractivity contribution in [2.75, 3.05) is 18.4 Å². The quantitative estimate of drug-likeness (QED) is 0.832. The highest BCUT2D eigenvalue weighted by atomic mass is 16.1. The van der Waals surface area contributed by atoms with E-state index in [0.29, 0.717) is 0 Å². The smallest absolute Gasteiger partial charge is 0.232 e. The predicted molar refractivity (Wildman–Crippen MR) is 104 cm³/mol. The Morgan fingerprint density at radius 1 is 1.00 bits per heavy atom. The molecule has 3 nitrogen and oxygen atoms in total. The fourth-order valence-electron chi connectivity index (χ4n) is 3.67. The molecule has 0 aromatic heterocycles. The molecule has 0 bridgehead atoms. The molecule has 1 saturated heterocycles. The van der Waals surface area contributed by atoms with Crippen LogP contribution in [0, 0.1) is 5.92 Å². The maximum Gasteiger partial charge on any atom is 0.232 e. The van der Waals surface area contributed by atoms with E-state index >= 15 is 0 Å². The van der Waals surface area contributed by atoms with Gasteiger partial charge in [0.1, 0.15) is 0 Å². The molecule has 3 heteroatoms. The molecule has 0 spiro atoms. The van der Waals surface area contributed by atoms with Gasteiger partial charge in [-0.1, -0.05) is 62.4 Å². The molecular formula is C22H28N2O. The van der Waals surface area contributed by atoms with Crippen LogP contribution >= 0.6 is 0 Å². The Balaban J connectivity index is 1.77. The van der Waals surface area contributed by atoms with Crippen LogP contribution in [0.15, 0.2) is 54.6 Å². The van der Waals surface area contributed by atoms with Gasteiger partial charge in [0.2, 0.25) is 5.91 Å². The summed E-state index contributed by atoms with van der Waals surface area (Å²) in [6, 6.07) is 18.3. The van der Waals surface area contributed by atoms with Crippen molar-refractivity contribution in [2.45, 2.75) is 39.2 Å². The van der Waals surface area contributed by atoms with Gasteiger partial charge in [0.05, 0.1) is 5.92 Å². The van der Waals surface area contributed by atoms with Crippen molar-refractivity contribution in [3.8, 4) is 0 Å². The lowest BCUT2D eigenvalue weighted by molar-refractivity contribution is -0.118. The van der Waals surface area contributed by atoms with E-state index < -0.39 is 0 Å². The Morgan fingerprint density at radius 2 is 1.64 bits per heavy atom. The zero-order chi connectivity index (χ0) is 17.6. The van der Waals surface area contributed by atoms with E-state index in [-0.39, 0.29) is 17.7 Å². The highest BCUT2D eigenvalue weighted by Gasteiger charge is 2.25. The minimum Gasteiger partial charge on any atom is -0.325 e. The van der Waals surface area contributed by atoms with Crippen LogP contribution in [0.1, 0.15) is 43.7 Å². The summed E-state index contributed by atoms with van der Waals surface area (Å²) in [5.74, 6) is 0.184. The van der Waals surface area contributed by atoms with Crippen LogP contribution in [0.5, 0.6) is 0 Å². The number of carbonyl (C=O) groups is 1. The first-order chi connectivity index (χ1) is 12.1. The van der Waals surface area contributed by atoms with Crippen LogP contribution in [-0.4, -0.2) is 23.9 Å². The third kappa shape index (κ3) is 4.49. The molecule has 0 aliphatic carbocycles. The van der Waals surface area contributed by atoms with Gasteiger partial charge in [0, 0.05) is 12.2 Å². The van der Waals surface area contributed by atoms with Gasteiger partial charge in [0.25, 0.3) is 0 Å². The van der Waals surface area contributed by atoms with E-state index in [0.717, 1.165) is 30.9 Å². The first-order valence-corrected chi connectivity index (χ1v) is 9.31. The normalized spacial score (nSPS) is 16.1. The maximum atomic E-state index is 13.0. The van der Waals surface area contributed by atoms with Crippen molar-refractivity contribution in [3.05, 3.63) is 65.7 Å². The van der Waals surface area contributed by atoms with Gasteiger partial charge in [-0.05, 0) is 49.0 Å². The number of amides is 1. The van der Waals surface area contributed by atoms with Crippen molar-refractivity contribution < 1.29 is 4.79 Å². The van der Waals surface area contributed by atoms with Crippen LogP contribution < -0.4 is 5.32 Å². The Hall–Kier alpha value is -2.13. The maximum absolute atomic E-state index is 13.0. The minimum atomic E-state index is -0.138. The van der Waals surface area contributed by atoms with Gasteiger partial charge in [0.15, 0.2) is 0 Å². The molecule has 25 heavy (non-hydrogen) atoms. The molecule has 2 aromatic carbocycles. The second-order valence-electron chi connectivity index (χ2n) is 7.26. The van der Waals surface area contributed by atoms with Gasteiger partial charge in [-0.15, -0.1) is 0 Å². The van der Waals surface area contributed by atoms with Crippen LogP contribution in [-0.2, 0) is 11.3 Å². The average Bonchev–Trinajstić information content (AvgIpc) is 3.10. The molecular weight excluding hydrogens is 308 g/mol. The van der Waals surface area contributed by atoms with E-state index in [9.17, 15) is 4.79 Å². The Labute approximate surface area is 151 Å². The highest BCUT2D eigenvalue weighted by molar-refractivity contribution is 5.96. The largest absolute Gasteiger partial charge is 0.325 e. The molecule has 1 N–H and O–H groups in total. The first kappa shape index (κ1) is 17.7. The van der Waals surface area contributed by atoms with E-state index in [1.165, 1.54) is 18.4 Å². The van der Waals surface area contributed by atoms with Crippen molar-refractivity contribution >= 4 is 11.6 Å². The summed E-state index contributed by atoms with van der Waals surface area (Å²) in [6.07, 6.45) is 2.55. The zero-order valence-corrected chi connectivity index (χ0v) is 15.2. The number of para-hydroxylation sites is 1. The van der Waals surface area contributed by atoms with E-state index in [4.69, 9.17) is 0 Å². The molecule has 0 saturated carbocycles. The SMILES string of the molecule is CC(C)C(C(=O)Nc1ccccc1CN1CCCC1)c1ccccc1. The van der Waals surface area contributed by atoms with Crippen molar-refractivity contribution in [1.82, 2.24) is 4.90 Å². The first-order valence-electron chi connectivity index (χ1n) is 9.31. The number of carbonyl (C=O) groups excluding carboxylic acids is 1. The Morgan fingerprint density at radius 3 is 2.32 bits per heavy atom. The molecule has 3 rings (SSSR count). The molecule has 1 amide bonds. The third-order valence-electron chi connectivity index (χ3n) is 4.98. The minimum absolute atomic E-state index is 0.0788. The van der Waals surface area contributed by atoms with E-state index in [2.05, 4.69) is 36.2 Å². The average molecular weight is 336 g/mol. The highest BCUT2D eigenvalue weighted by Crippen LogP contribution is 2.27. The zero-order valence-electron chi connectivity index (χ0n) is 15.2. The summed E-state index contributed by atoms with van der Waals surface area (Å²) in [7, 11) is 0. The molecule has 2 aromatic rings. The summed E-state index contributed by atoms with van der Waals surface area (Å²) in [6.45, 7) is 7.43. The monoisotopic (exact) mass is 336 g/mol. The fourth-order valence-corrected chi connectivity index (χ4v) is 3.67. The lowest BCUT2D eigenvalue weighted by Gasteiger charge is -2.23. The van der Waals surface area contributed by atoms with Crippen molar-refractivity contribution in [3.63, 3.8) is 0 Å². The molecule has 1 heterocycles. The number of hydrogen-bond acceptors (Lipinski definition) is 2. The predicted octanol–water partition coefficient (Wildman–Crippen LogP) is 4.66. The van der Waals surface area contributed by atoms with Crippen molar-refractivity contribution in [1.29, 1.82) is 0 Å². The molecule has 1 atom stereocenters. The third-order valence-corrected chi connectivity index (χ3v) is 4.98. The second kappa shape index (κ2) is 8.30. The van der Waals surface area contributed by atoms with Crippen LogP contribution in [0.2, 0.25) is 0 Å². The topological polar surface area (TPSA) is 32.3 Å². The summed E-state index contributed by atoms with van der Waals surface area (Å²) in [5, 5.41) is 3.20. The standard InChI is InChI=1S/C22H28N2O/c1-17(2)21(18-10-4-3-5-11-18)22(25)23-20-13-7-6-12-19(20)16-24-14-8-9-15-24/h3-7,10-13,17,21H,8-9,14-16H2,1-2H3,(H,23,25). The number of rotatable bonds is 6. The van der Waals surface area contributed by atoms with Gasteiger partial charge in [-0.2, -0.15) is 0 Å². The number of likely N-dealkylation sites (tertiary alicyclic amines) is 1. The number of nitrogens with one attached hydrogen (secondary N) is 1. The van der Waals surface area contributed by atoms with Crippen LogP contribution in [0.25, 0.3) is 0 Å². The van der Waals surface area contributed by atoms with E-state index in [1.807, 2.05) is 42.5 Å². The Kier molecular flexibility index (Phi) is 5.87. The number of benzene rings is 2. The lowest BCUT2D eigenvalue weighted by atomic mass is 9.87. The summed E-state index contributed by atoms with van der Waals surface area (Å²) in [4.78, 5) is 15.5. The van der Waals surface area contributed by atoms with Gasteiger partial charge in [-0.3, -0.25) is 9.69 Å². The molecule has 1 fully saturated rings. The number of anilines is 1. The van der Waals surface area contributed by atoms with Gasteiger partial charge in [-0.25, -0.2) is 0 Å². The van der Waals surface area contributed by atoms with E-state index in [1.54, 1.807) is 0 Å². The molecule has 1 unspecified atom stereocenters. The summed E-state index contributed by atoms with van der Waals surface area (Å²) < 4.78 is 0. The molecule has 1 aliphatic rings. The fraction of sp³-hybridized carbons (Fsp3) is 0.409. The number of nitrogens with zero attached hydrogens (tertiary/aromatic N) is 1. The van der Waals surface area contributed by atoms with Gasteiger partial charge >= 0.3 is 0 Å². The summed E-state index contributed by atoms with van der Waals surface area (Å²) in [5.41, 5.74) is 3.22. The number of hydrogen-bond donors (Lipinski definition) is 1.